The van der Waals surface area contributed by atoms with Crippen molar-refractivity contribution in [3.05, 3.63) is 89.7 Å². The molecule has 0 aliphatic heterocycles. The van der Waals surface area contributed by atoms with Gasteiger partial charge in [-0.15, -0.1) is 0 Å². The first-order valence-corrected chi connectivity index (χ1v) is 8.81. The van der Waals surface area contributed by atoms with E-state index in [0.29, 0.717) is 6.54 Å². The lowest BCUT2D eigenvalue weighted by molar-refractivity contribution is 0.237. The van der Waals surface area contributed by atoms with Gasteiger partial charge >= 0.3 is 6.03 Å². The molecule has 3 rings (SSSR count). The number of aromatic nitrogens is 2. The Balaban J connectivity index is 1.58. The third-order valence-electron chi connectivity index (χ3n) is 4.25. The van der Waals surface area contributed by atoms with E-state index < -0.39 is 0 Å². The van der Waals surface area contributed by atoms with E-state index >= 15 is 0 Å². The van der Waals surface area contributed by atoms with Gasteiger partial charge in [-0.2, -0.15) is 5.10 Å². The van der Waals surface area contributed by atoms with Gasteiger partial charge in [-0.1, -0.05) is 60.7 Å². The molecule has 1 aromatic heterocycles. The number of carbonyl (C=O) groups excluding carboxylic acids is 1. The van der Waals surface area contributed by atoms with E-state index in [1.54, 1.807) is 4.68 Å². The summed E-state index contributed by atoms with van der Waals surface area (Å²) in [6.45, 7) is 0.574. The summed E-state index contributed by atoms with van der Waals surface area (Å²) in [6.07, 6.45) is 5.29. The van der Waals surface area contributed by atoms with Crippen LogP contribution in [0.4, 0.5) is 4.79 Å². The normalized spacial score (nSPS) is 11.7. The third kappa shape index (κ3) is 5.21. The fraction of sp³-hybridized carbons (Fsp3) is 0.238. The molecule has 2 N–H and O–H groups in total. The van der Waals surface area contributed by atoms with Crippen LogP contribution in [0.5, 0.6) is 0 Å². The van der Waals surface area contributed by atoms with E-state index in [9.17, 15) is 4.79 Å². The Bertz CT molecular complexity index is 814. The van der Waals surface area contributed by atoms with Gasteiger partial charge in [0.05, 0.1) is 12.2 Å². The summed E-state index contributed by atoms with van der Waals surface area (Å²) >= 11 is 0. The molecule has 26 heavy (non-hydrogen) atoms. The van der Waals surface area contributed by atoms with Gasteiger partial charge in [-0.25, -0.2) is 4.79 Å². The maximum absolute atomic E-state index is 12.4. The summed E-state index contributed by atoms with van der Waals surface area (Å²) in [6, 6.07) is 20.0. The van der Waals surface area contributed by atoms with Crippen molar-refractivity contribution in [2.24, 2.45) is 7.05 Å². The first-order valence-electron chi connectivity index (χ1n) is 8.81. The first-order chi connectivity index (χ1) is 12.7. The summed E-state index contributed by atoms with van der Waals surface area (Å²) in [7, 11) is 1.89. The van der Waals surface area contributed by atoms with E-state index in [1.807, 2.05) is 68.0 Å². The highest BCUT2D eigenvalue weighted by Crippen LogP contribution is 2.18. The minimum atomic E-state index is -0.154. The Morgan fingerprint density at radius 1 is 1.04 bits per heavy atom. The number of nitrogens with one attached hydrogen (secondary N) is 2. The molecule has 0 saturated heterocycles. The zero-order chi connectivity index (χ0) is 18.2. The number of carbonyl (C=O) groups is 1. The maximum atomic E-state index is 12.4. The van der Waals surface area contributed by atoms with Crippen LogP contribution in [0.2, 0.25) is 0 Å². The number of nitrogens with zero attached hydrogens (tertiary/aromatic N) is 2. The number of hydrogen-bond acceptors (Lipinski definition) is 2. The van der Waals surface area contributed by atoms with Crippen molar-refractivity contribution in [3.8, 4) is 0 Å². The molecule has 0 spiro atoms. The van der Waals surface area contributed by atoms with Crippen molar-refractivity contribution in [2.45, 2.75) is 18.9 Å². The maximum Gasteiger partial charge on any atom is 0.315 e. The van der Waals surface area contributed by atoms with E-state index in [-0.39, 0.29) is 12.1 Å². The second kappa shape index (κ2) is 8.85. The van der Waals surface area contributed by atoms with Crippen LogP contribution in [0.25, 0.3) is 0 Å². The quantitative estimate of drug-likeness (QED) is 0.689. The Kier molecular flexibility index (Phi) is 6.04. The van der Waals surface area contributed by atoms with Gasteiger partial charge in [0.25, 0.3) is 0 Å². The molecule has 0 saturated carbocycles. The molecule has 3 aromatic rings. The van der Waals surface area contributed by atoms with E-state index in [2.05, 4.69) is 27.9 Å². The molecule has 0 aliphatic carbocycles. The van der Waals surface area contributed by atoms with Crippen LogP contribution in [0.15, 0.2) is 73.1 Å². The zero-order valence-electron chi connectivity index (χ0n) is 14.9. The fourth-order valence-electron chi connectivity index (χ4n) is 2.92. The summed E-state index contributed by atoms with van der Waals surface area (Å²) < 4.78 is 1.76. The first kappa shape index (κ1) is 17.7. The Hall–Kier alpha value is -3.08. The van der Waals surface area contributed by atoms with Crippen LogP contribution < -0.4 is 10.6 Å². The molecule has 0 bridgehead atoms. The molecular formula is C21H24N4O. The molecule has 0 radical (unpaired) electrons. The van der Waals surface area contributed by atoms with Crippen molar-refractivity contribution in [1.29, 1.82) is 0 Å². The van der Waals surface area contributed by atoms with Gasteiger partial charge in [-0.3, -0.25) is 4.68 Å². The molecule has 5 heteroatoms. The molecule has 134 valence electrons. The number of amides is 2. The number of rotatable bonds is 7. The van der Waals surface area contributed by atoms with E-state index in [1.165, 1.54) is 5.56 Å². The van der Waals surface area contributed by atoms with Crippen LogP contribution in [-0.2, 0) is 19.9 Å². The zero-order valence-corrected chi connectivity index (χ0v) is 14.9. The molecule has 2 aromatic carbocycles. The van der Waals surface area contributed by atoms with Crippen molar-refractivity contribution in [3.63, 3.8) is 0 Å². The minimum Gasteiger partial charge on any atom is -0.338 e. The number of hydrogen-bond donors (Lipinski definition) is 2. The number of benzene rings is 2. The van der Waals surface area contributed by atoms with E-state index in [4.69, 9.17) is 0 Å². The highest BCUT2D eigenvalue weighted by molar-refractivity contribution is 5.74. The van der Waals surface area contributed by atoms with Crippen molar-refractivity contribution < 1.29 is 4.79 Å². The lowest BCUT2D eigenvalue weighted by Crippen LogP contribution is -2.39. The molecule has 2 amide bonds. The largest absolute Gasteiger partial charge is 0.338 e. The molecular weight excluding hydrogens is 324 g/mol. The van der Waals surface area contributed by atoms with E-state index in [0.717, 1.165) is 24.0 Å². The second-order valence-electron chi connectivity index (χ2n) is 6.33. The van der Waals surface area contributed by atoms with Crippen molar-refractivity contribution >= 4 is 6.03 Å². The Morgan fingerprint density at radius 2 is 1.73 bits per heavy atom. The Morgan fingerprint density at radius 3 is 2.38 bits per heavy atom. The molecule has 1 heterocycles. The SMILES string of the molecule is Cn1cc(CCNC(=O)N[C@H](Cc2ccccc2)c2ccccc2)cn1. The van der Waals surface area contributed by atoms with Gasteiger partial charge in [0.15, 0.2) is 0 Å². The lowest BCUT2D eigenvalue weighted by atomic mass is 9.99. The molecule has 5 nitrogen and oxygen atoms in total. The van der Waals surface area contributed by atoms with Crippen LogP contribution in [0, 0.1) is 0 Å². The minimum absolute atomic E-state index is 0.0722. The summed E-state index contributed by atoms with van der Waals surface area (Å²) in [5.74, 6) is 0. The van der Waals surface area contributed by atoms with Crippen molar-refractivity contribution in [1.82, 2.24) is 20.4 Å². The van der Waals surface area contributed by atoms with Gasteiger partial charge in [0, 0.05) is 19.8 Å². The molecule has 0 aliphatic rings. The predicted molar refractivity (Wildman–Crippen MR) is 103 cm³/mol. The van der Waals surface area contributed by atoms with Gasteiger partial charge in [-0.05, 0) is 29.5 Å². The fourth-order valence-corrected chi connectivity index (χ4v) is 2.92. The molecule has 0 unspecified atom stereocenters. The third-order valence-corrected chi connectivity index (χ3v) is 4.25. The molecule has 1 atom stereocenters. The van der Waals surface area contributed by atoms with Gasteiger partial charge in [0.2, 0.25) is 0 Å². The molecule has 0 fully saturated rings. The predicted octanol–water partition coefficient (Wildman–Crippen LogP) is 3.25. The topological polar surface area (TPSA) is 59.0 Å². The van der Waals surface area contributed by atoms with Gasteiger partial charge < -0.3 is 10.6 Å². The van der Waals surface area contributed by atoms with Crippen LogP contribution >= 0.6 is 0 Å². The lowest BCUT2D eigenvalue weighted by Gasteiger charge is -2.20. The number of aryl methyl sites for hydroxylation is 1. The summed E-state index contributed by atoms with van der Waals surface area (Å²) in [5, 5.41) is 10.2. The average Bonchev–Trinajstić information content (AvgIpc) is 3.08. The average molecular weight is 348 g/mol. The highest BCUT2D eigenvalue weighted by atomic mass is 16.2. The van der Waals surface area contributed by atoms with Crippen molar-refractivity contribution in [2.75, 3.05) is 6.54 Å². The standard InChI is InChI=1S/C21H24N4O/c1-25-16-18(15-23-25)12-13-22-21(26)24-20(19-10-6-3-7-11-19)14-17-8-4-2-5-9-17/h2-11,15-16,20H,12-14H2,1H3,(H2,22,24,26)/t20-/m1/s1. The number of urea groups is 1. The van der Waals surface area contributed by atoms with Crippen LogP contribution in [0.3, 0.4) is 0 Å². The smallest absolute Gasteiger partial charge is 0.315 e. The second-order valence-corrected chi connectivity index (χ2v) is 6.33. The highest BCUT2D eigenvalue weighted by Gasteiger charge is 2.15. The van der Waals surface area contributed by atoms with Crippen LogP contribution in [0.1, 0.15) is 22.7 Å². The van der Waals surface area contributed by atoms with Gasteiger partial charge in [0.1, 0.15) is 0 Å². The van der Waals surface area contributed by atoms with Crippen LogP contribution in [-0.4, -0.2) is 22.4 Å². The Labute approximate surface area is 154 Å². The summed E-state index contributed by atoms with van der Waals surface area (Å²) in [5.41, 5.74) is 3.40. The monoisotopic (exact) mass is 348 g/mol. The summed E-state index contributed by atoms with van der Waals surface area (Å²) in [4.78, 5) is 12.4.